The highest BCUT2D eigenvalue weighted by atomic mass is 16.6. The number of aromatic amines is 1. The van der Waals surface area contributed by atoms with Crippen LogP contribution >= 0.6 is 0 Å². The van der Waals surface area contributed by atoms with E-state index < -0.39 is 66.5 Å². The van der Waals surface area contributed by atoms with Crippen LogP contribution in [0.15, 0.2) is 15.8 Å². The van der Waals surface area contributed by atoms with Gasteiger partial charge >= 0.3 is 11.7 Å². The van der Waals surface area contributed by atoms with Crippen molar-refractivity contribution >= 4 is 5.97 Å². The second-order valence-electron chi connectivity index (χ2n) is 5.05. The Bertz CT molecular complexity index is 697. The number of aromatic nitrogens is 2. The summed E-state index contributed by atoms with van der Waals surface area (Å²) in [5, 5.41) is 46.7. The molecular formula is C12H16N2O9. The van der Waals surface area contributed by atoms with Gasteiger partial charge in [-0.05, 0) is 0 Å². The monoisotopic (exact) mass is 332 g/mol. The third-order valence-electron chi connectivity index (χ3n) is 3.64. The van der Waals surface area contributed by atoms with Crippen molar-refractivity contribution in [1.82, 2.24) is 9.55 Å². The van der Waals surface area contributed by atoms with Crippen molar-refractivity contribution in [2.24, 2.45) is 0 Å². The number of H-pyrrole nitrogens is 1. The van der Waals surface area contributed by atoms with E-state index in [9.17, 15) is 24.6 Å². The number of aliphatic hydroxyl groups excluding tert-OH is 4. The molecule has 1 aliphatic rings. The average molecular weight is 332 g/mol. The highest BCUT2D eigenvalue weighted by Crippen LogP contribution is 2.28. The van der Waals surface area contributed by atoms with Gasteiger partial charge in [-0.2, -0.15) is 0 Å². The number of nitrogens with zero attached hydrogens (tertiary/aromatic N) is 1. The Labute approximate surface area is 128 Å². The number of carboxylic acid groups (broad SMARTS) is 1. The maximum atomic E-state index is 11.9. The van der Waals surface area contributed by atoms with Crippen molar-refractivity contribution in [2.75, 3.05) is 13.2 Å². The van der Waals surface area contributed by atoms with E-state index in [0.717, 1.165) is 6.20 Å². The van der Waals surface area contributed by atoms with E-state index in [1.54, 1.807) is 0 Å². The lowest BCUT2D eigenvalue weighted by molar-refractivity contribution is -0.139. The number of hydrogen-bond acceptors (Lipinski definition) is 8. The van der Waals surface area contributed by atoms with Crippen LogP contribution in [0.3, 0.4) is 0 Å². The summed E-state index contributed by atoms with van der Waals surface area (Å²) in [4.78, 5) is 36.5. The van der Waals surface area contributed by atoms with Crippen LogP contribution in [0, 0.1) is 0 Å². The Kier molecular flexibility index (Phi) is 4.97. The topological polar surface area (TPSA) is 182 Å². The molecule has 1 aromatic rings. The maximum Gasteiger partial charge on any atom is 0.330 e. The fourth-order valence-corrected chi connectivity index (χ4v) is 2.36. The number of aliphatic hydroxyl groups is 4. The van der Waals surface area contributed by atoms with Gasteiger partial charge in [0, 0.05) is 6.20 Å². The number of hydrogen-bond donors (Lipinski definition) is 6. The van der Waals surface area contributed by atoms with Gasteiger partial charge < -0.3 is 30.3 Å². The first-order chi connectivity index (χ1) is 10.8. The summed E-state index contributed by atoms with van der Waals surface area (Å²) in [7, 11) is 0. The van der Waals surface area contributed by atoms with E-state index in [2.05, 4.69) is 0 Å². The van der Waals surface area contributed by atoms with E-state index in [4.69, 9.17) is 20.1 Å². The molecule has 11 heteroatoms. The van der Waals surface area contributed by atoms with Gasteiger partial charge in [-0.3, -0.25) is 19.1 Å². The molecular weight excluding hydrogens is 316 g/mol. The van der Waals surface area contributed by atoms with Crippen LogP contribution in [0.2, 0.25) is 0 Å². The molecule has 6 N–H and O–H groups in total. The third-order valence-corrected chi connectivity index (χ3v) is 3.64. The summed E-state index contributed by atoms with van der Waals surface area (Å²) in [6.07, 6.45) is -4.79. The van der Waals surface area contributed by atoms with Gasteiger partial charge in [-0.25, -0.2) is 4.79 Å². The predicted octanol–water partition coefficient (Wildman–Crippen LogP) is -3.69. The molecule has 11 nitrogen and oxygen atoms in total. The van der Waals surface area contributed by atoms with Crippen LogP contribution in [0.25, 0.3) is 0 Å². The van der Waals surface area contributed by atoms with E-state index >= 15 is 0 Å². The summed E-state index contributed by atoms with van der Waals surface area (Å²) in [6.45, 7) is -1.50. The van der Waals surface area contributed by atoms with E-state index in [1.165, 1.54) is 0 Å². The van der Waals surface area contributed by atoms with Crippen LogP contribution in [0.5, 0.6) is 0 Å². The zero-order chi connectivity index (χ0) is 17.3. The lowest BCUT2D eigenvalue weighted by atomic mass is 10.0. The summed E-state index contributed by atoms with van der Waals surface area (Å²) in [5.41, 5.74) is -2.42. The van der Waals surface area contributed by atoms with Crippen molar-refractivity contribution in [3.63, 3.8) is 0 Å². The van der Waals surface area contributed by atoms with Gasteiger partial charge in [0.25, 0.3) is 5.56 Å². The first-order valence-electron chi connectivity index (χ1n) is 6.63. The van der Waals surface area contributed by atoms with Gasteiger partial charge in [0.1, 0.15) is 24.2 Å². The average Bonchev–Trinajstić information content (AvgIpc) is 2.77. The minimum Gasteiger partial charge on any atom is -0.481 e. The Morgan fingerprint density at radius 3 is 2.43 bits per heavy atom. The molecule has 0 aliphatic carbocycles. The number of rotatable bonds is 5. The number of aliphatic carboxylic acids is 1. The summed E-state index contributed by atoms with van der Waals surface area (Å²) < 4.78 is 5.85. The van der Waals surface area contributed by atoms with Crippen molar-refractivity contribution in [3.05, 3.63) is 32.6 Å². The number of ether oxygens (including phenoxy) is 1. The van der Waals surface area contributed by atoms with E-state index in [1.807, 2.05) is 4.98 Å². The van der Waals surface area contributed by atoms with Gasteiger partial charge in [0.15, 0.2) is 6.23 Å². The first kappa shape index (κ1) is 17.3. The van der Waals surface area contributed by atoms with E-state index in [0.29, 0.717) is 4.57 Å². The maximum absolute atomic E-state index is 11.9. The highest BCUT2D eigenvalue weighted by Gasteiger charge is 2.44. The molecule has 1 saturated heterocycles. The van der Waals surface area contributed by atoms with Crippen molar-refractivity contribution in [1.29, 1.82) is 0 Å². The van der Waals surface area contributed by atoms with Gasteiger partial charge in [0.05, 0.1) is 18.8 Å². The number of nitrogens with one attached hydrogen (secondary N) is 1. The van der Waals surface area contributed by atoms with Crippen LogP contribution in [0.1, 0.15) is 17.7 Å². The summed E-state index contributed by atoms with van der Waals surface area (Å²) in [5.74, 6) is -3.06. The Morgan fingerprint density at radius 2 is 1.96 bits per heavy atom. The predicted molar refractivity (Wildman–Crippen MR) is 71.8 cm³/mol. The minimum atomic E-state index is -1.58. The Morgan fingerprint density at radius 1 is 1.30 bits per heavy atom. The van der Waals surface area contributed by atoms with Crippen molar-refractivity contribution in [3.8, 4) is 0 Å². The molecule has 2 rings (SSSR count). The zero-order valence-corrected chi connectivity index (χ0v) is 11.7. The fourth-order valence-electron chi connectivity index (χ4n) is 2.36. The molecule has 128 valence electrons. The molecule has 0 bridgehead atoms. The molecule has 5 atom stereocenters. The van der Waals surface area contributed by atoms with Crippen molar-refractivity contribution < 1.29 is 35.1 Å². The largest absolute Gasteiger partial charge is 0.481 e. The van der Waals surface area contributed by atoms with Gasteiger partial charge in [0.2, 0.25) is 0 Å². The lowest BCUT2D eigenvalue weighted by Crippen LogP contribution is -2.40. The zero-order valence-electron chi connectivity index (χ0n) is 11.7. The lowest BCUT2D eigenvalue weighted by Gasteiger charge is -2.19. The second-order valence-corrected chi connectivity index (χ2v) is 5.05. The first-order valence-corrected chi connectivity index (χ1v) is 6.63. The molecule has 1 unspecified atom stereocenters. The Balaban J connectivity index is 2.50. The SMILES string of the molecule is O=C(O)C(CO)c1cn([C@@H]2O[C@H](CO)[C@@H](O)[C@H]2O)c(=O)[nH]c1=O. The summed E-state index contributed by atoms with van der Waals surface area (Å²) in [6, 6.07) is 0. The van der Waals surface area contributed by atoms with E-state index in [-0.39, 0.29) is 0 Å². The molecule has 0 amide bonds. The van der Waals surface area contributed by atoms with Crippen LogP contribution in [0.4, 0.5) is 0 Å². The fraction of sp³-hybridized carbons (Fsp3) is 0.583. The smallest absolute Gasteiger partial charge is 0.330 e. The molecule has 1 fully saturated rings. The summed E-state index contributed by atoms with van der Waals surface area (Å²) >= 11 is 0. The molecule has 0 aromatic carbocycles. The molecule has 1 aliphatic heterocycles. The van der Waals surface area contributed by atoms with Crippen LogP contribution in [-0.4, -0.2) is 72.6 Å². The quantitative estimate of drug-likeness (QED) is 0.316. The van der Waals surface area contributed by atoms with Crippen molar-refractivity contribution in [2.45, 2.75) is 30.5 Å². The molecule has 0 spiro atoms. The standard InChI is InChI=1S/C12H16N2O9/c15-2-5(11(20)21)4-1-14(12(22)13-9(4)19)10-8(18)7(17)6(3-16)23-10/h1,5-8,10,15-18H,2-3H2,(H,20,21)(H,13,19,22)/t5?,6-,7-,8-,10-/m1/s1. The minimum absolute atomic E-state index is 0.419. The molecule has 1 aromatic heterocycles. The molecule has 0 radical (unpaired) electrons. The molecule has 23 heavy (non-hydrogen) atoms. The molecule has 2 heterocycles. The molecule has 0 saturated carbocycles. The third kappa shape index (κ3) is 3.04. The van der Waals surface area contributed by atoms with Crippen LogP contribution < -0.4 is 11.2 Å². The number of carbonyl (C=O) groups is 1. The van der Waals surface area contributed by atoms with Gasteiger partial charge in [-0.1, -0.05) is 0 Å². The highest BCUT2D eigenvalue weighted by molar-refractivity contribution is 5.75. The second kappa shape index (κ2) is 6.60. The van der Waals surface area contributed by atoms with Crippen LogP contribution in [-0.2, 0) is 9.53 Å². The van der Waals surface area contributed by atoms with Gasteiger partial charge in [-0.15, -0.1) is 0 Å². The Hall–Kier alpha value is -2.05. The normalized spacial score (nSPS) is 28.7. The number of carboxylic acids is 1.